The molecule has 1 aliphatic heterocycles. The van der Waals surface area contributed by atoms with Crippen molar-refractivity contribution >= 4 is 0 Å². The Bertz CT molecular complexity index is 172. The summed E-state index contributed by atoms with van der Waals surface area (Å²) in [5.41, 5.74) is 0. The molecular formula is C14H29NO. The van der Waals surface area contributed by atoms with E-state index in [0.29, 0.717) is 18.2 Å². The van der Waals surface area contributed by atoms with Gasteiger partial charge in [0.1, 0.15) is 0 Å². The predicted octanol–water partition coefficient (Wildman–Crippen LogP) is 3.50. The van der Waals surface area contributed by atoms with Gasteiger partial charge in [0.15, 0.2) is 0 Å². The minimum atomic E-state index is 0.469. The summed E-state index contributed by atoms with van der Waals surface area (Å²) in [6.07, 6.45) is 10.1. The summed E-state index contributed by atoms with van der Waals surface area (Å²) in [4.78, 5) is 0. The molecule has 0 aliphatic carbocycles. The first-order chi connectivity index (χ1) is 7.77. The summed E-state index contributed by atoms with van der Waals surface area (Å²) >= 11 is 0. The predicted molar refractivity (Wildman–Crippen MR) is 69.8 cm³/mol. The van der Waals surface area contributed by atoms with Crippen LogP contribution in [0.1, 0.15) is 65.7 Å². The van der Waals surface area contributed by atoms with Crippen LogP contribution in [0.2, 0.25) is 0 Å². The molecule has 0 radical (unpaired) electrons. The van der Waals surface area contributed by atoms with Crippen molar-refractivity contribution in [2.45, 2.75) is 84.0 Å². The highest BCUT2D eigenvalue weighted by Gasteiger charge is 2.28. The largest absolute Gasteiger partial charge is 0.374 e. The normalized spacial score (nSPS) is 27.2. The van der Waals surface area contributed by atoms with Crippen LogP contribution in [0.3, 0.4) is 0 Å². The third-order valence-corrected chi connectivity index (χ3v) is 3.55. The van der Waals surface area contributed by atoms with Gasteiger partial charge < -0.3 is 10.1 Å². The topological polar surface area (TPSA) is 21.3 Å². The summed E-state index contributed by atoms with van der Waals surface area (Å²) < 4.78 is 5.97. The van der Waals surface area contributed by atoms with Gasteiger partial charge in [-0.05, 0) is 32.7 Å². The van der Waals surface area contributed by atoms with E-state index in [9.17, 15) is 0 Å². The van der Waals surface area contributed by atoms with Gasteiger partial charge in [-0.2, -0.15) is 0 Å². The Balaban J connectivity index is 2.23. The first kappa shape index (κ1) is 14.0. The van der Waals surface area contributed by atoms with Crippen LogP contribution in [0.4, 0.5) is 0 Å². The SMILES string of the molecule is CCCCCCC(NCC)C1CCC(C)O1. The maximum atomic E-state index is 5.97. The Morgan fingerprint density at radius 1 is 1.19 bits per heavy atom. The van der Waals surface area contributed by atoms with Crippen LogP contribution in [0, 0.1) is 0 Å². The van der Waals surface area contributed by atoms with E-state index in [4.69, 9.17) is 4.74 Å². The second-order valence-electron chi connectivity index (χ2n) is 5.08. The van der Waals surface area contributed by atoms with Gasteiger partial charge in [-0.25, -0.2) is 0 Å². The smallest absolute Gasteiger partial charge is 0.0732 e. The Hall–Kier alpha value is -0.0800. The van der Waals surface area contributed by atoms with Gasteiger partial charge in [-0.15, -0.1) is 0 Å². The molecule has 0 aromatic heterocycles. The van der Waals surface area contributed by atoms with Crippen molar-refractivity contribution in [1.82, 2.24) is 5.32 Å². The third-order valence-electron chi connectivity index (χ3n) is 3.55. The molecule has 0 aromatic rings. The van der Waals surface area contributed by atoms with Crippen LogP contribution in [0.5, 0.6) is 0 Å². The highest BCUT2D eigenvalue weighted by Crippen LogP contribution is 2.24. The molecule has 2 nitrogen and oxygen atoms in total. The summed E-state index contributed by atoms with van der Waals surface area (Å²) in [7, 11) is 0. The monoisotopic (exact) mass is 227 g/mol. The molecule has 1 fully saturated rings. The first-order valence-electron chi connectivity index (χ1n) is 7.16. The molecule has 1 N–H and O–H groups in total. The van der Waals surface area contributed by atoms with Gasteiger partial charge in [0, 0.05) is 6.04 Å². The molecule has 0 spiro atoms. The molecule has 1 saturated heterocycles. The Morgan fingerprint density at radius 3 is 2.56 bits per heavy atom. The van der Waals surface area contributed by atoms with E-state index in [0.717, 1.165) is 6.54 Å². The maximum absolute atomic E-state index is 5.97. The molecule has 3 atom stereocenters. The molecule has 2 heteroatoms. The van der Waals surface area contributed by atoms with E-state index < -0.39 is 0 Å². The summed E-state index contributed by atoms with van der Waals surface area (Å²) in [6, 6.07) is 0.590. The average Bonchev–Trinajstić information content (AvgIpc) is 2.69. The van der Waals surface area contributed by atoms with Gasteiger partial charge in [0.05, 0.1) is 12.2 Å². The highest BCUT2D eigenvalue weighted by atomic mass is 16.5. The van der Waals surface area contributed by atoms with E-state index in [1.165, 1.54) is 44.9 Å². The number of hydrogen-bond donors (Lipinski definition) is 1. The summed E-state index contributed by atoms with van der Waals surface area (Å²) in [5.74, 6) is 0. The van der Waals surface area contributed by atoms with Crippen LogP contribution in [0.15, 0.2) is 0 Å². The van der Waals surface area contributed by atoms with Gasteiger partial charge in [0.25, 0.3) is 0 Å². The van der Waals surface area contributed by atoms with E-state index in [-0.39, 0.29) is 0 Å². The minimum Gasteiger partial charge on any atom is -0.374 e. The van der Waals surface area contributed by atoms with Crippen LogP contribution < -0.4 is 5.32 Å². The zero-order valence-corrected chi connectivity index (χ0v) is 11.3. The van der Waals surface area contributed by atoms with Crippen molar-refractivity contribution in [2.24, 2.45) is 0 Å². The van der Waals surface area contributed by atoms with E-state index in [2.05, 4.69) is 26.1 Å². The number of unbranched alkanes of at least 4 members (excludes halogenated alkanes) is 3. The molecule has 0 bridgehead atoms. The first-order valence-corrected chi connectivity index (χ1v) is 7.16. The maximum Gasteiger partial charge on any atom is 0.0732 e. The molecule has 3 unspecified atom stereocenters. The molecule has 1 aliphatic rings. The fourth-order valence-corrected chi connectivity index (χ4v) is 2.60. The second-order valence-corrected chi connectivity index (χ2v) is 5.08. The molecule has 0 amide bonds. The van der Waals surface area contributed by atoms with Crippen molar-refractivity contribution in [3.05, 3.63) is 0 Å². The lowest BCUT2D eigenvalue weighted by atomic mass is 10.0. The van der Waals surface area contributed by atoms with Gasteiger partial charge in [-0.3, -0.25) is 0 Å². The quantitative estimate of drug-likeness (QED) is 0.641. The van der Waals surface area contributed by atoms with Crippen molar-refractivity contribution in [3.63, 3.8) is 0 Å². The zero-order valence-electron chi connectivity index (χ0n) is 11.3. The molecule has 96 valence electrons. The fraction of sp³-hybridized carbons (Fsp3) is 1.00. The molecule has 1 heterocycles. The summed E-state index contributed by atoms with van der Waals surface area (Å²) in [6.45, 7) is 7.72. The third kappa shape index (κ3) is 4.84. The second kappa shape index (κ2) is 8.08. The lowest BCUT2D eigenvalue weighted by Crippen LogP contribution is -2.39. The lowest BCUT2D eigenvalue weighted by Gasteiger charge is -2.24. The highest BCUT2D eigenvalue weighted by molar-refractivity contribution is 4.82. The van der Waals surface area contributed by atoms with Crippen molar-refractivity contribution in [2.75, 3.05) is 6.54 Å². The van der Waals surface area contributed by atoms with E-state index in [1.54, 1.807) is 0 Å². The molecule has 0 saturated carbocycles. The zero-order chi connectivity index (χ0) is 11.8. The van der Waals surface area contributed by atoms with Crippen LogP contribution in [0.25, 0.3) is 0 Å². The lowest BCUT2D eigenvalue weighted by molar-refractivity contribution is 0.0298. The molecular weight excluding hydrogens is 198 g/mol. The summed E-state index contributed by atoms with van der Waals surface area (Å²) in [5, 5.41) is 3.60. The number of ether oxygens (including phenoxy) is 1. The van der Waals surface area contributed by atoms with Crippen molar-refractivity contribution in [1.29, 1.82) is 0 Å². The number of nitrogens with one attached hydrogen (secondary N) is 1. The van der Waals surface area contributed by atoms with Crippen molar-refractivity contribution < 1.29 is 4.74 Å². The van der Waals surface area contributed by atoms with E-state index >= 15 is 0 Å². The van der Waals surface area contributed by atoms with Crippen LogP contribution >= 0.6 is 0 Å². The van der Waals surface area contributed by atoms with Crippen LogP contribution in [-0.4, -0.2) is 24.8 Å². The molecule has 16 heavy (non-hydrogen) atoms. The van der Waals surface area contributed by atoms with Gasteiger partial charge in [0.2, 0.25) is 0 Å². The minimum absolute atomic E-state index is 0.469. The Kier molecular flexibility index (Phi) is 7.06. The number of hydrogen-bond acceptors (Lipinski definition) is 2. The number of likely N-dealkylation sites (N-methyl/N-ethyl adjacent to an activating group) is 1. The Labute approximate surface area is 101 Å². The standard InChI is InChI=1S/C14H29NO/c1-4-6-7-8-9-13(15-5-2)14-11-10-12(3)16-14/h12-15H,4-11H2,1-3H3. The number of rotatable bonds is 8. The van der Waals surface area contributed by atoms with Gasteiger partial charge >= 0.3 is 0 Å². The average molecular weight is 227 g/mol. The molecule has 0 aromatic carbocycles. The van der Waals surface area contributed by atoms with E-state index in [1.807, 2.05) is 0 Å². The van der Waals surface area contributed by atoms with Gasteiger partial charge in [-0.1, -0.05) is 39.5 Å². The molecule has 1 rings (SSSR count). The van der Waals surface area contributed by atoms with Crippen LogP contribution in [-0.2, 0) is 4.74 Å². The van der Waals surface area contributed by atoms with Crippen molar-refractivity contribution in [3.8, 4) is 0 Å². The Morgan fingerprint density at radius 2 is 2.00 bits per heavy atom. The fourth-order valence-electron chi connectivity index (χ4n) is 2.60.